The molecule has 5 rings (SSSR count). The van der Waals surface area contributed by atoms with Crippen LogP contribution in [0.1, 0.15) is 57.4 Å². The SMILES string of the molecule is Cc1sc2ncnc(N3CCC(C(=O)Nc4sc5c(c4C(N)=O)CC[C@@H](C)C5)CC3)c2c1C. The zero-order valence-electron chi connectivity index (χ0n) is 19.2. The van der Waals surface area contributed by atoms with E-state index in [9.17, 15) is 9.59 Å². The van der Waals surface area contributed by atoms with Crippen LogP contribution in [0.4, 0.5) is 10.8 Å². The van der Waals surface area contributed by atoms with Crippen LogP contribution in [0.5, 0.6) is 0 Å². The van der Waals surface area contributed by atoms with Crippen LogP contribution < -0.4 is 16.0 Å². The summed E-state index contributed by atoms with van der Waals surface area (Å²) in [5.41, 5.74) is 8.52. The number of rotatable bonds is 4. The molecule has 3 aromatic rings. The molecule has 0 radical (unpaired) electrons. The molecule has 4 heterocycles. The molecule has 1 fully saturated rings. The number of nitrogens with two attached hydrogens (primary N) is 1. The first kappa shape index (κ1) is 22.3. The van der Waals surface area contributed by atoms with Crippen LogP contribution in [-0.2, 0) is 17.6 Å². The Morgan fingerprint density at radius 3 is 2.64 bits per heavy atom. The van der Waals surface area contributed by atoms with Gasteiger partial charge >= 0.3 is 0 Å². The first-order valence-corrected chi connectivity index (χ1v) is 13.2. The third-order valence-electron chi connectivity index (χ3n) is 7.11. The number of fused-ring (bicyclic) bond motifs is 2. The zero-order valence-corrected chi connectivity index (χ0v) is 20.9. The molecule has 174 valence electrons. The molecule has 0 bridgehead atoms. The minimum Gasteiger partial charge on any atom is -0.365 e. The molecule has 3 aromatic heterocycles. The molecule has 1 aliphatic heterocycles. The first-order chi connectivity index (χ1) is 15.8. The summed E-state index contributed by atoms with van der Waals surface area (Å²) in [6.45, 7) is 7.99. The fraction of sp³-hybridized carbons (Fsp3) is 0.500. The molecule has 0 saturated carbocycles. The Hall–Kier alpha value is -2.52. The number of hydrogen-bond donors (Lipinski definition) is 2. The number of aryl methyl sites for hydroxylation is 2. The molecule has 0 aromatic carbocycles. The highest BCUT2D eigenvalue weighted by Gasteiger charge is 2.31. The monoisotopic (exact) mass is 483 g/mol. The van der Waals surface area contributed by atoms with Gasteiger partial charge in [0.25, 0.3) is 5.91 Å². The highest BCUT2D eigenvalue weighted by atomic mass is 32.1. The van der Waals surface area contributed by atoms with E-state index in [1.807, 2.05) is 0 Å². The predicted molar refractivity (Wildman–Crippen MR) is 134 cm³/mol. The zero-order chi connectivity index (χ0) is 23.3. The Kier molecular flexibility index (Phi) is 5.86. The highest BCUT2D eigenvalue weighted by Crippen LogP contribution is 2.40. The summed E-state index contributed by atoms with van der Waals surface area (Å²) in [6.07, 6.45) is 5.98. The van der Waals surface area contributed by atoms with E-state index in [4.69, 9.17) is 5.73 Å². The van der Waals surface area contributed by atoms with E-state index in [1.165, 1.54) is 26.7 Å². The number of primary amides is 1. The molecule has 0 spiro atoms. The number of anilines is 2. The summed E-state index contributed by atoms with van der Waals surface area (Å²) < 4.78 is 0. The third-order valence-corrected chi connectivity index (χ3v) is 9.39. The van der Waals surface area contributed by atoms with Gasteiger partial charge in [-0.1, -0.05) is 6.92 Å². The van der Waals surface area contributed by atoms with Crippen molar-refractivity contribution in [2.24, 2.45) is 17.6 Å². The Bertz CT molecular complexity index is 1240. The first-order valence-electron chi connectivity index (χ1n) is 11.5. The topological polar surface area (TPSA) is 101 Å². The second kappa shape index (κ2) is 8.68. The predicted octanol–water partition coefficient (Wildman–Crippen LogP) is 4.45. The molecule has 0 unspecified atom stereocenters. The van der Waals surface area contributed by atoms with Crippen molar-refractivity contribution >= 4 is 55.5 Å². The van der Waals surface area contributed by atoms with Gasteiger partial charge in [0.2, 0.25) is 5.91 Å². The molecule has 33 heavy (non-hydrogen) atoms. The van der Waals surface area contributed by atoms with Crippen LogP contribution in [-0.4, -0.2) is 34.9 Å². The number of nitrogens with zero attached hydrogens (tertiary/aromatic N) is 3. The van der Waals surface area contributed by atoms with Crippen LogP contribution in [0.25, 0.3) is 10.2 Å². The summed E-state index contributed by atoms with van der Waals surface area (Å²) in [5, 5.41) is 4.83. The highest BCUT2D eigenvalue weighted by molar-refractivity contribution is 7.18. The number of carbonyl (C=O) groups is 2. The summed E-state index contributed by atoms with van der Waals surface area (Å²) in [7, 11) is 0. The number of piperidine rings is 1. The maximum Gasteiger partial charge on any atom is 0.251 e. The second-order valence-corrected chi connectivity index (χ2v) is 11.6. The van der Waals surface area contributed by atoms with Gasteiger partial charge in [-0.25, -0.2) is 9.97 Å². The molecular formula is C24H29N5O2S2. The Morgan fingerprint density at radius 1 is 1.15 bits per heavy atom. The molecule has 3 N–H and O–H groups in total. The molecule has 1 aliphatic carbocycles. The van der Waals surface area contributed by atoms with E-state index in [2.05, 4.69) is 41.0 Å². The average Bonchev–Trinajstić information content (AvgIpc) is 3.29. The van der Waals surface area contributed by atoms with E-state index >= 15 is 0 Å². The summed E-state index contributed by atoms with van der Waals surface area (Å²) in [4.78, 5) is 40.1. The van der Waals surface area contributed by atoms with Crippen molar-refractivity contribution in [2.75, 3.05) is 23.3 Å². The van der Waals surface area contributed by atoms with Crippen molar-refractivity contribution in [3.63, 3.8) is 0 Å². The Balaban J connectivity index is 1.30. The lowest BCUT2D eigenvalue weighted by molar-refractivity contribution is -0.120. The average molecular weight is 484 g/mol. The largest absolute Gasteiger partial charge is 0.365 e. The van der Waals surface area contributed by atoms with Gasteiger partial charge in [0, 0.05) is 28.8 Å². The van der Waals surface area contributed by atoms with Crippen molar-refractivity contribution in [3.8, 4) is 0 Å². The van der Waals surface area contributed by atoms with Gasteiger partial charge in [0.15, 0.2) is 0 Å². The van der Waals surface area contributed by atoms with Gasteiger partial charge in [-0.15, -0.1) is 22.7 Å². The summed E-state index contributed by atoms with van der Waals surface area (Å²) >= 11 is 3.23. The van der Waals surface area contributed by atoms with E-state index in [0.717, 1.165) is 66.8 Å². The summed E-state index contributed by atoms with van der Waals surface area (Å²) in [5.74, 6) is 1.01. The molecule has 2 amide bonds. The fourth-order valence-corrected chi connectivity index (χ4v) is 7.48. The number of hydrogen-bond acceptors (Lipinski definition) is 7. The Labute approximate surface area is 201 Å². The maximum atomic E-state index is 13.1. The van der Waals surface area contributed by atoms with Crippen LogP contribution in [0.2, 0.25) is 0 Å². The van der Waals surface area contributed by atoms with Gasteiger partial charge < -0.3 is 16.0 Å². The lowest BCUT2D eigenvalue weighted by atomic mass is 9.88. The van der Waals surface area contributed by atoms with Crippen molar-refractivity contribution in [2.45, 2.75) is 52.9 Å². The molecule has 2 aliphatic rings. The van der Waals surface area contributed by atoms with Crippen LogP contribution in [0.15, 0.2) is 6.33 Å². The normalized spacial score (nSPS) is 19.0. The second-order valence-electron chi connectivity index (χ2n) is 9.33. The van der Waals surface area contributed by atoms with Crippen molar-refractivity contribution in [3.05, 3.63) is 32.8 Å². The van der Waals surface area contributed by atoms with Gasteiger partial charge in [-0.3, -0.25) is 9.59 Å². The van der Waals surface area contributed by atoms with Gasteiger partial charge in [-0.2, -0.15) is 0 Å². The quantitative estimate of drug-likeness (QED) is 0.571. The number of aromatic nitrogens is 2. The fourth-order valence-electron chi connectivity index (χ4n) is 5.07. The van der Waals surface area contributed by atoms with Crippen molar-refractivity contribution < 1.29 is 9.59 Å². The lowest BCUT2D eigenvalue weighted by Crippen LogP contribution is -2.38. The molecule has 9 heteroatoms. The van der Waals surface area contributed by atoms with Gasteiger partial charge in [0.05, 0.1) is 10.9 Å². The number of carbonyl (C=O) groups excluding carboxylic acids is 2. The standard InChI is InChI=1S/C24H29N5O2S2/c1-12-4-5-16-17(10-12)33-24(19(16)20(25)30)28-22(31)15-6-8-29(9-7-15)21-18-13(2)14(3)32-23(18)27-11-26-21/h11-12,15H,4-10H2,1-3H3,(H2,25,30)(H,28,31)/t12-/m1/s1. The van der Waals surface area contributed by atoms with Crippen molar-refractivity contribution in [1.29, 1.82) is 0 Å². The minimum atomic E-state index is -0.443. The lowest BCUT2D eigenvalue weighted by Gasteiger charge is -2.32. The van der Waals surface area contributed by atoms with E-state index < -0.39 is 5.91 Å². The van der Waals surface area contributed by atoms with Crippen LogP contribution in [0.3, 0.4) is 0 Å². The third kappa shape index (κ3) is 4.01. The van der Waals surface area contributed by atoms with E-state index in [1.54, 1.807) is 17.7 Å². The Morgan fingerprint density at radius 2 is 1.91 bits per heavy atom. The number of thiophene rings is 2. The molecule has 7 nitrogen and oxygen atoms in total. The maximum absolute atomic E-state index is 13.1. The van der Waals surface area contributed by atoms with Crippen LogP contribution >= 0.6 is 22.7 Å². The summed E-state index contributed by atoms with van der Waals surface area (Å²) in [6, 6.07) is 0. The van der Waals surface area contributed by atoms with Gasteiger partial charge in [0.1, 0.15) is 22.0 Å². The van der Waals surface area contributed by atoms with Crippen molar-refractivity contribution in [1.82, 2.24) is 9.97 Å². The van der Waals surface area contributed by atoms with E-state index in [0.29, 0.717) is 16.5 Å². The van der Waals surface area contributed by atoms with Gasteiger partial charge in [-0.05, 0) is 63.0 Å². The van der Waals surface area contributed by atoms with Crippen LogP contribution in [0, 0.1) is 25.7 Å². The number of nitrogens with one attached hydrogen (secondary N) is 1. The number of amides is 2. The van der Waals surface area contributed by atoms with E-state index in [-0.39, 0.29) is 11.8 Å². The molecule has 1 saturated heterocycles. The minimum absolute atomic E-state index is 0.0146. The smallest absolute Gasteiger partial charge is 0.251 e. The molecule has 1 atom stereocenters. The molecular weight excluding hydrogens is 454 g/mol.